The van der Waals surface area contributed by atoms with Gasteiger partial charge in [0.25, 0.3) is 5.91 Å². The molecule has 0 aromatic heterocycles. The molecule has 3 amide bonds. The van der Waals surface area contributed by atoms with Crippen molar-refractivity contribution in [2.75, 3.05) is 5.32 Å². The van der Waals surface area contributed by atoms with Crippen molar-refractivity contribution >= 4 is 40.0 Å². The number of hydrogen-bond donors (Lipinski definition) is 2. The van der Waals surface area contributed by atoms with Crippen LogP contribution in [0.1, 0.15) is 10.4 Å². The number of urea groups is 1. The van der Waals surface area contributed by atoms with E-state index in [4.69, 9.17) is 11.6 Å². The monoisotopic (exact) mass is 324 g/mol. The van der Waals surface area contributed by atoms with Crippen LogP contribution in [0.3, 0.4) is 0 Å². The van der Waals surface area contributed by atoms with Gasteiger partial charge in [-0.1, -0.05) is 54.1 Å². The second-order valence-electron chi connectivity index (χ2n) is 4.95. The summed E-state index contributed by atoms with van der Waals surface area (Å²) in [6.07, 6.45) is 0. The molecule has 0 fully saturated rings. The minimum Gasteiger partial charge on any atom is -0.308 e. The second kappa shape index (κ2) is 6.50. The quantitative estimate of drug-likeness (QED) is 0.731. The van der Waals surface area contributed by atoms with Gasteiger partial charge in [-0.3, -0.25) is 10.1 Å². The van der Waals surface area contributed by atoms with E-state index in [0.717, 1.165) is 10.8 Å². The van der Waals surface area contributed by atoms with Crippen LogP contribution in [0.25, 0.3) is 10.8 Å². The molecule has 0 spiro atoms. The molecule has 0 aliphatic heterocycles. The standard InChI is InChI=1S/C18H13ClN2O2/c19-13-7-4-8-14(11-13)20-18(23)21-17(22)16-10-3-6-12-5-1-2-9-15(12)16/h1-11H,(H2,20,21,22,23). The van der Waals surface area contributed by atoms with Crippen LogP contribution in [0.5, 0.6) is 0 Å². The van der Waals surface area contributed by atoms with Gasteiger partial charge in [0.15, 0.2) is 0 Å². The summed E-state index contributed by atoms with van der Waals surface area (Å²) in [5, 5.41) is 7.14. The van der Waals surface area contributed by atoms with Gasteiger partial charge in [0.2, 0.25) is 0 Å². The summed E-state index contributed by atoms with van der Waals surface area (Å²) in [7, 11) is 0. The Balaban J connectivity index is 1.77. The van der Waals surface area contributed by atoms with Gasteiger partial charge in [-0.2, -0.15) is 0 Å². The third-order valence-electron chi connectivity index (χ3n) is 3.34. The van der Waals surface area contributed by atoms with E-state index in [2.05, 4.69) is 10.6 Å². The Hall–Kier alpha value is -2.85. The Kier molecular flexibility index (Phi) is 4.26. The highest BCUT2D eigenvalue weighted by atomic mass is 35.5. The van der Waals surface area contributed by atoms with Crippen molar-refractivity contribution in [1.29, 1.82) is 0 Å². The largest absolute Gasteiger partial charge is 0.326 e. The van der Waals surface area contributed by atoms with E-state index in [-0.39, 0.29) is 0 Å². The summed E-state index contributed by atoms with van der Waals surface area (Å²) in [5.74, 6) is -0.457. The highest BCUT2D eigenvalue weighted by molar-refractivity contribution is 6.31. The number of carbonyl (C=O) groups excluding carboxylic acids is 2. The van der Waals surface area contributed by atoms with E-state index in [1.54, 1.807) is 36.4 Å². The van der Waals surface area contributed by atoms with Crippen molar-refractivity contribution in [3.8, 4) is 0 Å². The van der Waals surface area contributed by atoms with Crippen LogP contribution >= 0.6 is 11.6 Å². The Morgan fingerprint density at radius 2 is 1.61 bits per heavy atom. The molecular weight excluding hydrogens is 312 g/mol. The number of benzene rings is 3. The summed E-state index contributed by atoms with van der Waals surface area (Å²) in [6.45, 7) is 0. The molecule has 3 rings (SSSR count). The molecule has 23 heavy (non-hydrogen) atoms. The summed E-state index contributed by atoms with van der Waals surface area (Å²) in [4.78, 5) is 24.3. The van der Waals surface area contributed by atoms with E-state index < -0.39 is 11.9 Å². The van der Waals surface area contributed by atoms with Crippen LogP contribution in [0.15, 0.2) is 66.7 Å². The van der Waals surface area contributed by atoms with Crippen LogP contribution in [-0.2, 0) is 0 Å². The number of amides is 3. The molecule has 4 nitrogen and oxygen atoms in total. The number of fused-ring (bicyclic) bond motifs is 1. The average Bonchev–Trinajstić information content (AvgIpc) is 2.54. The van der Waals surface area contributed by atoms with Gasteiger partial charge in [0.05, 0.1) is 0 Å². The molecule has 0 heterocycles. The molecule has 0 radical (unpaired) electrons. The average molecular weight is 325 g/mol. The van der Waals surface area contributed by atoms with Crippen LogP contribution < -0.4 is 10.6 Å². The number of hydrogen-bond acceptors (Lipinski definition) is 2. The maximum absolute atomic E-state index is 12.3. The van der Waals surface area contributed by atoms with Gasteiger partial charge in [-0.25, -0.2) is 4.79 Å². The first-order chi connectivity index (χ1) is 11.1. The van der Waals surface area contributed by atoms with Crippen LogP contribution in [0, 0.1) is 0 Å². The molecule has 0 atom stereocenters. The first-order valence-corrected chi connectivity index (χ1v) is 7.37. The molecule has 0 aliphatic carbocycles. The van der Waals surface area contributed by atoms with Crippen LogP contribution in [-0.4, -0.2) is 11.9 Å². The molecule has 114 valence electrons. The highest BCUT2D eigenvalue weighted by Gasteiger charge is 2.13. The van der Waals surface area contributed by atoms with Crippen LogP contribution in [0.2, 0.25) is 5.02 Å². The number of nitrogens with one attached hydrogen (secondary N) is 2. The molecule has 5 heteroatoms. The molecule has 0 saturated carbocycles. The topological polar surface area (TPSA) is 58.2 Å². The lowest BCUT2D eigenvalue weighted by atomic mass is 10.0. The highest BCUT2D eigenvalue weighted by Crippen LogP contribution is 2.18. The minimum atomic E-state index is -0.606. The summed E-state index contributed by atoms with van der Waals surface area (Å²) < 4.78 is 0. The summed E-state index contributed by atoms with van der Waals surface area (Å²) in [6, 6.07) is 19.0. The molecule has 0 unspecified atom stereocenters. The number of imide groups is 1. The maximum Gasteiger partial charge on any atom is 0.326 e. The lowest BCUT2D eigenvalue weighted by molar-refractivity contribution is 0.0969. The van der Waals surface area contributed by atoms with E-state index in [0.29, 0.717) is 16.3 Å². The first-order valence-electron chi connectivity index (χ1n) is 6.99. The van der Waals surface area contributed by atoms with Gasteiger partial charge >= 0.3 is 6.03 Å². The second-order valence-corrected chi connectivity index (χ2v) is 5.38. The molecular formula is C18H13ClN2O2. The number of carbonyl (C=O) groups is 2. The molecule has 3 aromatic rings. The SMILES string of the molecule is O=C(NC(=O)c1cccc2ccccc12)Nc1cccc(Cl)c1. The van der Waals surface area contributed by atoms with Gasteiger partial charge in [-0.15, -0.1) is 0 Å². The third-order valence-corrected chi connectivity index (χ3v) is 3.58. The van der Waals surface area contributed by atoms with Gasteiger partial charge < -0.3 is 5.32 Å². The van der Waals surface area contributed by atoms with Crippen molar-refractivity contribution in [2.24, 2.45) is 0 Å². The first kappa shape index (κ1) is 15.1. The van der Waals surface area contributed by atoms with Gasteiger partial charge in [0.1, 0.15) is 0 Å². The van der Waals surface area contributed by atoms with Crippen molar-refractivity contribution in [3.05, 3.63) is 77.3 Å². The fraction of sp³-hybridized carbons (Fsp3) is 0. The smallest absolute Gasteiger partial charge is 0.308 e. The fourth-order valence-corrected chi connectivity index (χ4v) is 2.51. The van der Waals surface area contributed by atoms with Crippen molar-refractivity contribution in [3.63, 3.8) is 0 Å². The zero-order chi connectivity index (χ0) is 16.2. The summed E-state index contributed by atoms with van der Waals surface area (Å²) >= 11 is 5.86. The van der Waals surface area contributed by atoms with Crippen LogP contribution in [0.4, 0.5) is 10.5 Å². The molecule has 0 aliphatic rings. The fourth-order valence-electron chi connectivity index (χ4n) is 2.32. The lowest BCUT2D eigenvalue weighted by Gasteiger charge is -2.09. The normalized spacial score (nSPS) is 10.3. The molecule has 0 saturated heterocycles. The third kappa shape index (κ3) is 3.49. The van der Waals surface area contributed by atoms with Gasteiger partial charge in [-0.05, 0) is 35.0 Å². The predicted molar refractivity (Wildman–Crippen MR) is 91.9 cm³/mol. The zero-order valence-electron chi connectivity index (χ0n) is 12.0. The number of anilines is 1. The van der Waals surface area contributed by atoms with Crippen molar-refractivity contribution < 1.29 is 9.59 Å². The van der Waals surface area contributed by atoms with Crippen molar-refractivity contribution in [2.45, 2.75) is 0 Å². The zero-order valence-corrected chi connectivity index (χ0v) is 12.8. The maximum atomic E-state index is 12.3. The van der Waals surface area contributed by atoms with E-state index in [1.807, 2.05) is 30.3 Å². The predicted octanol–water partition coefficient (Wildman–Crippen LogP) is 4.46. The van der Waals surface area contributed by atoms with E-state index in [1.165, 1.54) is 0 Å². The van der Waals surface area contributed by atoms with Gasteiger partial charge in [0, 0.05) is 16.3 Å². The van der Waals surface area contributed by atoms with E-state index in [9.17, 15) is 9.59 Å². The number of halogens is 1. The minimum absolute atomic E-state index is 0.448. The Bertz CT molecular complexity index is 888. The molecule has 0 bridgehead atoms. The lowest BCUT2D eigenvalue weighted by Crippen LogP contribution is -2.34. The van der Waals surface area contributed by atoms with Crippen molar-refractivity contribution in [1.82, 2.24) is 5.32 Å². The Morgan fingerprint density at radius 1 is 0.870 bits per heavy atom. The number of rotatable bonds is 2. The molecule has 3 aromatic carbocycles. The Morgan fingerprint density at radius 3 is 2.43 bits per heavy atom. The molecule has 2 N–H and O–H groups in total. The summed E-state index contributed by atoms with van der Waals surface area (Å²) in [5.41, 5.74) is 0.963. The Labute approximate surface area is 138 Å². The van der Waals surface area contributed by atoms with E-state index >= 15 is 0 Å².